The number of nitrogens with two attached hydrogens (primary N) is 1. The summed E-state index contributed by atoms with van der Waals surface area (Å²) in [6, 6.07) is 0. The number of nitrogens with zero attached hydrogens (tertiary/aromatic N) is 2. The average molecular weight is 323 g/mol. The van der Waals surface area contributed by atoms with Gasteiger partial charge in [0, 0.05) is 12.6 Å². The fourth-order valence-corrected chi connectivity index (χ4v) is 2.29. The predicted molar refractivity (Wildman–Crippen MR) is 82.3 cm³/mol. The Hall–Kier alpha value is -1.92. The molecule has 5 N–H and O–H groups in total. The van der Waals surface area contributed by atoms with Crippen molar-refractivity contribution in [3.63, 3.8) is 0 Å². The molecule has 1 aromatic rings. The van der Waals surface area contributed by atoms with Crippen LogP contribution in [0.3, 0.4) is 0 Å². The van der Waals surface area contributed by atoms with E-state index in [4.69, 9.17) is 15.6 Å². The van der Waals surface area contributed by atoms with Gasteiger partial charge in [0.05, 0.1) is 12.2 Å². The van der Waals surface area contributed by atoms with Crippen molar-refractivity contribution < 1.29 is 20.1 Å². The second-order valence-electron chi connectivity index (χ2n) is 5.36. The molecule has 2 heterocycles. The quantitative estimate of drug-likeness (QED) is 0.412. The molecule has 126 valence electrons. The lowest BCUT2D eigenvalue weighted by molar-refractivity contribution is -0.0549. The number of anilines is 1. The first-order valence-electron chi connectivity index (χ1n) is 7.49. The van der Waals surface area contributed by atoms with E-state index in [1.807, 2.05) is 0 Å². The van der Waals surface area contributed by atoms with Gasteiger partial charge in [-0.15, -0.1) is 0 Å². The lowest BCUT2D eigenvalue weighted by Gasteiger charge is -2.17. The number of unbranched alkanes of at least 4 members (excludes halogenated alkanes) is 2. The van der Waals surface area contributed by atoms with Crippen LogP contribution in [0.2, 0.25) is 0 Å². The van der Waals surface area contributed by atoms with Gasteiger partial charge in [-0.2, -0.15) is 4.98 Å². The van der Waals surface area contributed by atoms with E-state index >= 15 is 0 Å². The van der Waals surface area contributed by atoms with Gasteiger partial charge in [-0.25, -0.2) is 4.79 Å². The highest BCUT2D eigenvalue weighted by Crippen LogP contribution is 2.28. The Labute approximate surface area is 133 Å². The molecule has 0 saturated carbocycles. The van der Waals surface area contributed by atoms with E-state index in [2.05, 4.69) is 23.7 Å². The van der Waals surface area contributed by atoms with Crippen LogP contribution in [0, 0.1) is 11.8 Å². The molecule has 0 spiro atoms. The Bertz CT molecular complexity index is 663. The fraction of sp³-hybridized carbons (Fsp3) is 0.600. The van der Waals surface area contributed by atoms with Crippen LogP contribution in [0.4, 0.5) is 5.82 Å². The van der Waals surface area contributed by atoms with Gasteiger partial charge in [-0.05, 0) is 6.42 Å². The van der Waals surface area contributed by atoms with Crippen molar-refractivity contribution in [2.75, 3.05) is 12.3 Å². The number of ether oxygens (including phenoxy) is 1. The molecule has 0 aliphatic carbocycles. The highest BCUT2D eigenvalue weighted by molar-refractivity contribution is 5.48. The van der Waals surface area contributed by atoms with E-state index in [1.165, 1.54) is 6.20 Å². The minimum atomic E-state index is -1.36. The molecule has 1 aliphatic heterocycles. The monoisotopic (exact) mass is 323 g/mol. The summed E-state index contributed by atoms with van der Waals surface area (Å²) in [5, 5.41) is 28.9. The van der Waals surface area contributed by atoms with Gasteiger partial charge < -0.3 is 25.8 Å². The summed E-state index contributed by atoms with van der Waals surface area (Å²) in [7, 11) is 0. The van der Waals surface area contributed by atoms with E-state index in [0.29, 0.717) is 12.0 Å². The molecule has 0 bridgehead atoms. The summed E-state index contributed by atoms with van der Waals surface area (Å²) in [6.45, 7) is 1.58. The highest BCUT2D eigenvalue weighted by Gasteiger charge is 2.43. The summed E-state index contributed by atoms with van der Waals surface area (Å²) < 4.78 is 6.36. The van der Waals surface area contributed by atoms with Gasteiger partial charge in [0.25, 0.3) is 0 Å². The fourth-order valence-electron chi connectivity index (χ4n) is 2.29. The molecule has 1 fully saturated rings. The molecule has 2 unspecified atom stereocenters. The molecule has 0 aromatic carbocycles. The summed E-state index contributed by atoms with van der Waals surface area (Å²) >= 11 is 0. The summed E-state index contributed by atoms with van der Waals surface area (Å²) in [4.78, 5) is 15.7. The lowest BCUT2D eigenvalue weighted by Crippen LogP contribution is -2.36. The number of nitrogen functional groups attached to an aromatic ring is 1. The molecule has 1 saturated heterocycles. The SMILES string of the molecule is CCCCC#Cc1cn([C@@H]2O[C@H](CO)C(O)C2O)c(=O)nc1N. The third-order valence-electron chi connectivity index (χ3n) is 3.65. The Kier molecular flexibility index (Phi) is 5.74. The van der Waals surface area contributed by atoms with Crippen molar-refractivity contribution in [2.45, 2.75) is 50.7 Å². The summed E-state index contributed by atoms with van der Waals surface area (Å²) in [6.07, 6.45) is -0.770. The smallest absolute Gasteiger partial charge is 0.351 e. The Balaban J connectivity index is 2.32. The normalized spacial score (nSPS) is 26.8. The first-order chi connectivity index (χ1) is 11.0. The standard InChI is InChI=1S/C15H21N3O5/c1-2-3-4-5-6-9-7-18(15(22)17-13(9)16)14-12(21)11(20)10(8-19)23-14/h7,10-12,14,19-21H,2-4,8H2,1H3,(H2,16,17,22)/t10-,11?,12?,14-/m1/s1. The van der Waals surface area contributed by atoms with Crippen molar-refractivity contribution in [1.29, 1.82) is 0 Å². The summed E-state index contributed by atoms with van der Waals surface area (Å²) in [5.74, 6) is 5.79. The van der Waals surface area contributed by atoms with Gasteiger partial charge >= 0.3 is 5.69 Å². The zero-order valence-electron chi connectivity index (χ0n) is 12.8. The molecule has 23 heavy (non-hydrogen) atoms. The topological polar surface area (TPSA) is 131 Å². The number of hydrogen-bond acceptors (Lipinski definition) is 7. The van der Waals surface area contributed by atoms with Crippen molar-refractivity contribution in [3.05, 3.63) is 22.2 Å². The third kappa shape index (κ3) is 3.71. The van der Waals surface area contributed by atoms with Crippen LogP contribution in [0.15, 0.2) is 11.0 Å². The molecule has 1 aliphatic rings. The minimum absolute atomic E-state index is 0.00184. The number of hydrogen-bond donors (Lipinski definition) is 4. The average Bonchev–Trinajstić information content (AvgIpc) is 2.81. The van der Waals surface area contributed by atoms with Gasteiger partial charge in [0.15, 0.2) is 6.23 Å². The maximum absolute atomic E-state index is 12.0. The van der Waals surface area contributed by atoms with Crippen LogP contribution < -0.4 is 11.4 Å². The second kappa shape index (κ2) is 7.57. The van der Waals surface area contributed by atoms with Crippen molar-refractivity contribution in [2.24, 2.45) is 0 Å². The molecule has 1 aromatic heterocycles. The van der Waals surface area contributed by atoms with E-state index in [1.54, 1.807) is 0 Å². The molecule has 0 radical (unpaired) electrons. The Morgan fingerprint density at radius 2 is 2.17 bits per heavy atom. The largest absolute Gasteiger partial charge is 0.394 e. The number of aliphatic hydroxyl groups is 3. The molecule has 2 rings (SSSR count). The minimum Gasteiger partial charge on any atom is -0.394 e. The van der Waals surface area contributed by atoms with Crippen LogP contribution in [-0.4, -0.2) is 49.8 Å². The predicted octanol–water partition coefficient (Wildman–Crippen LogP) is -1.02. The highest BCUT2D eigenvalue weighted by atomic mass is 16.6. The third-order valence-corrected chi connectivity index (χ3v) is 3.65. The molecular formula is C15H21N3O5. The van der Waals surface area contributed by atoms with Gasteiger partial charge in [-0.3, -0.25) is 4.57 Å². The van der Waals surface area contributed by atoms with E-state index in [-0.39, 0.29) is 5.82 Å². The van der Waals surface area contributed by atoms with Crippen LogP contribution in [0.5, 0.6) is 0 Å². The Morgan fingerprint density at radius 3 is 2.78 bits per heavy atom. The molecule has 8 heteroatoms. The number of rotatable bonds is 4. The zero-order valence-corrected chi connectivity index (χ0v) is 12.8. The van der Waals surface area contributed by atoms with Crippen molar-refractivity contribution in [1.82, 2.24) is 9.55 Å². The maximum atomic E-state index is 12.0. The number of aromatic nitrogens is 2. The van der Waals surface area contributed by atoms with Gasteiger partial charge in [-0.1, -0.05) is 25.2 Å². The zero-order chi connectivity index (χ0) is 17.0. The van der Waals surface area contributed by atoms with E-state index < -0.39 is 36.8 Å². The van der Waals surface area contributed by atoms with Crippen LogP contribution in [-0.2, 0) is 4.74 Å². The first-order valence-corrected chi connectivity index (χ1v) is 7.49. The molecule has 8 nitrogen and oxygen atoms in total. The van der Waals surface area contributed by atoms with Gasteiger partial charge in [0.1, 0.15) is 24.1 Å². The molecule has 0 amide bonds. The van der Waals surface area contributed by atoms with Crippen LogP contribution in [0.25, 0.3) is 0 Å². The number of aliphatic hydroxyl groups excluding tert-OH is 3. The molecular weight excluding hydrogens is 302 g/mol. The molecule has 4 atom stereocenters. The van der Waals surface area contributed by atoms with Crippen LogP contribution in [0.1, 0.15) is 38.0 Å². The van der Waals surface area contributed by atoms with E-state index in [0.717, 1.165) is 17.4 Å². The van der Waals surface area contributed by atoms with Crippen molar-refractivity contribution >= 4 is 5.82 Å². The Morgan fingerprint density at radius 1 is 1.43 bits per heavy atom. The van der Waals surface area contributed by atoms with Crippen LogP contribution >= 0.6 is 0 Å². The lowest BCUT2D eigenvalue weighted by atomic mass is 10.1. The summed E-state index contributed by atoms with van der Waals surface area (Å²) in [5.41, 5.74) is 5.32. The van der Waals surface area contributed by atoms with Gasteiger partial charge in [0.2, 0.25) is 0 Å². The maximum Gasteiger partial charge on any atom is 0.351 e. The van der Waals surface area contributed by atoms with Crippen molar-refractivity contribution in [3.8, 4) is 11.8 Å². The second-order valence-corrected chi connectivity index (χ2v) is 5.36. The first kappa shape index (κ1) is 17.4. The van der Waals surface area contributed by atoms with E-state index in [9.17, 15) is 15.0 Å².